The summed E-state index contributed by atoms with van der Waals surface area (Å²) >= 11 is 4.15. The first-order chi connectivity index (χ1) is 41.7. The van der Waals surface area contributed by atoms with Crippen molar-refractivity contribution in [3.63, 3.8) is 0 Å². The van der Waals surface area contributed by atoms with Crippen LogP contribution in [0.3, 0.4) is 0 Å². The van der Waals surface area contributed by atoms with Crippen LogP contribution in [0.1, 0.15) is 52.9 Å². The highest BCUT2D eigenvalue weighted by Gasteiger charge is 2.81. The van der Waals surface area contributed by atoms with Gasteiger partial charge in [0, 0.05) is 72.4 Å². The SMILES string of the molecule is COc1ccc(-c2cc(C3=C(c4cc(-c5ccc(-c6ccc(C#Cc7ccc(-c8ccc(-c9cc(C%10=C(c%11cc(-c%12ccc(OC)cc%12)sc%11C)C(F)(F)C(F)(F)C%10(F)F)c(C)s9)cc8)cc7)cc6)cc5)sc4C)C(F)(F)C(F)(F)C3(F)F)c(C)s2)cc1. The number of ether oxygens (including phenoxy) is 2. The molecule has 4 heterocycles. The number of thiophene rings is 4. The Morgan fingerprint density at radius 3 is 0.693 bits per heavy atom. The Bertz CT molecular complexity index is 4190. The van der Waals surface area contributed by atoms with Gasteiger partial charge < -0.3 is 9.47 Å². The van der Waals surface area contributed by atoms with Gasteiger partial charge >= 0.3 is 35.5 Å². The van der Waals surface area contributed by atoms with Crippen LogP contribution < -0.4 is 9.47 Å². The maximum atomic E-state index is 16.0. The molecule has 0 N–H and O–H groups in total. The summed E-state index contributed by atoms with van der Waals surface area (Å²) in [6, 6.07) is 47.5. The monoisotopic (exact) mass is 1270 g/mol. The molecule has 0 fully saturated rings. The fourth-order valence-electron chi connectivity index (χ4n) is 11.2. The van der Waals surface area contributed by atoms with E-state index in [-0.39, 0.29) is 41.8 Å². The maximum Gasteiger partial charge on any atom is 0.380 e. The standard InChI is InChI=1S/C70H46F12O2S4/c1-37-53(61-63(67(75,76)69(79,80)65(61,71)72)55-35-59(87-39(55)3)49-25-29-51(83-5)30-26-49)33-57(85-37)47-21-17-45(18-22-47)43-13-9-41(10-14-43)7-8-42-11-15-44(16-12-42)46-19-23-48(24-20-46)58-34-54(38(2)86-58)62-64(68(77,78)70(81,82)66(62,73)74)56-36-60(88-40(56)4)50-27-31-52(84-6)32-28-50/h9-36H,1-6H3. The first-order valence-electron chi connectivity index (χ1n) is 27.1. The lowest BCUT2D eigenvalue weighted by Crippen LogP contribution is -2.48. The summed E-state index contributed by atoms with van der Waals surface area (Å²) in [6.45, 7) is 5.79. The van der Waals surface area contributed by atoms with E-state index < -0.39 is 57.8 Å². The molecule has 2 aliphatic carbocycles. The molecule has 2 aliphatic rings. The van der Waals surface area contributed by atoms with E-state index in [1.54, 1.807) is 72.8 Å². The summed E-state index contributed by atoms with van der Waals surface area (Å²) < 4.78 is 200. The van der Waals surface area contributed by atoms with Gasteiger partial charge in [0.05, 0.1) is 14.2 Å². The Morgan fingerprint density at radius 1 is 0.284 bits per heavy atom. The Labute approximate surface area is 514 Å². The average molecular weight is 1280 g/mol. The molecule has 446 valence electrons. The van der Waals surface area contributed by atoms with Crippen LogP contribution in [0.2, 0.25) is 0 Å². The van der Waals surface area contributed by atoms with Crippen molar-refractivity contribution in [3.8, 4) is 87.4 Å². The second-order valence-corrected chi connectivity index (χ2v) is 26.3. The second-order valence-electron chi connectivity index (χ2n) is 21.3. The van der Waals surface area contributed by atoms with Crippen molar-refractivity contribution in [2.24, 2.45) is 0 Å². The van der Waals surface area contributed by atoms with E-state index >= 15 is 52.7 Å². The first-order valence-corrected chi connectivity index (χ1v) is 30.4. The van der Waals surface area contributed by atoms with Crippen LogP contribution >= 0.6 is 45.3 Å². The van der Waals surface area contributed by atoms with Crippen LogP contribution in [-0.4, -0.2) is 49.8 Å². The molecule has 0 saturated heterocycles. The van der Waals surface area contributed by atoms with Crippen LogP contribution in [0.5, 0.6) is 11.5 Å². The number of hydrogen-bond donors (Lipinski definition) is 0. The van der Waals surface area contributed by atoms with Crippen molar-refractivity contribution >= 4 is 67.6 Å². The van der Waals surface area contributed by atoms with Crippen molar-refractivity contribution in [3.05, 3.63) is 223 Å². The number of allylic oxidation sites excluding steroid dienone is 4. The fourth-order valence-corrected chi connectivity index (χ4v) is 15.3. The van der Waals surface area contributed by atoms with Gasteiger partial charge in [-0.15, -0.1) is 45.3 Å². The normalized spacial score (nSPS) is 16.9. The lowest BCUT2D eigenvalue weighted by molar-refractivity contribution is -0.254. The van der Waals surface area contributed by atoms with E-state index in [1.165, 1.54) is 66.2 Å². The number of halogens is 12. The van der Waals surface area contributed by atoms with Gasteiger partial charge in [-0.3, -0.25) is 0 Å². The Balaban J connectivity index is 0.738. The quantitative estimate of drug-likeness (QED) is 0.0897. The Morgan fingerprint density at radius 2 is 0.477 bits per heavy atom. The molecule has 10 aromatic rings. The van der Waals surface area contributed by atoms with Gasteiger partial charge in [-0.25, -0.2) is 0 Å². The molecule has 88 heavy (non-hydrogen) atoms. The molecule has 2 nitrogen and oxygen atoms in total. The van der Waals surface area contributed by atoms with Gasteiger partial charge in [0.1, 0.15) is 11.5 Å². The summed E-state index contributed by atoms with van der Waals surface area (Å²) in [6.07, 6.45) is 0. The van der Waals surface area contributed by atoms with E-state index in [9.17, 15) is 0 Å². The van der Waals surface area contributed by atoms with E-state index in [1.807, 2.05) is 72.8 Å². The molecule has 0 spiro atoms. The summed E-state index contributed by atoms with van der Waals surface area (Å²) in [7, 11) is 2.95. The zero-order chi connectivity index (χ0) is 62.6. The van der Waals surface area contributed by atoms with Gasteiger partial charge in [0.15, 0.2) is 0 Å². The number of methoxy groups -OCH3 is 2. The number of benzene rings is 6. The van der Waals surface area contributed by atoms with Crippen molar-refractivity contribution in [1.29, 1.82) is 0 Å². The van der Waals surface area contributed by atoms with Gasteiger partial charge in [0.25, 0.3) is 0 Å². The van der Waals surface area contributed by atoms with E-state index in [4.69, 9.17) is 9.47 Å². The largest absolute Gasteiger partial charge is 0.497 e. The highest BCUT2D eigenvalue weighted by molar-refractivity contribution is 7.16. The van der Waals surface area contributed by atoms with Gasteiger partial charge in [-0.05, 0) is 192 Å². The highest BCUT2D eigenvalue weighted by atomic mass is 32.1. The minimum absolute atomic E-state index is 0.171. The van der Waals surface area contributed by atoms with Gasteiger partial charge in [-0.2, -0.15) is 52.7 Å². The maximum absolute atomic E-state index is 16.0. The molecule has 0 atom stereocenters. The topological polar surface area (TPSA) is 18.5 Å². The zero-order valence-electron chi connectivity index (χ0n) is 47.2. The number of alkyl halides is 12. The molecule has 0 saturated carbocycles. The molecular formula is C70H46F12O2S4. The minimum Gasteiger partial charge on any atom is -0.497 e. The first kappa shape index (κ1) is 60.2. The lowest BCUT2D eigenvalue weighted by atomic mass is 9.94. The zero-order valence-corrected chi connectivity index (χ0v) is 50.4. The minimum atomic E-state index is -5.71. The third-order valence-corrected chi connectivity index (χ3v) is 20.4. The van der Waals surface area contributed by atoms with Crippen LogP contribution in [-0.2, 0) is 0 Å². The lowest BCUT2D eigenvalue weighted by Gasteiger charge is -2.25. The summed E-state index contributed by atoms with van der Waals surface area (Å²) in [5.41, 5.74) is -0.0897. The van der Waals surface area contributed by atoms with Crippen molar-refractivity contribution in [2.75, 3.05) is 14.2 Å². The van der Waals surface area contributed by atoms with Crippen LogP contribution in [0.4, 0.5) is 52.7 Å². The molecule has 4 aromatic heterocycles. The molecule has 0 unspecified atom stereocenters. The van der Waals surface area contributed by atoms with Gasteiger partial charge in [0.2, 0.25) is 0 Å². The third kappa shape index (κ3) is 9.80. The van der Waals surface area contributed by atoms with Gasteiger partial charge in [-0.1, -0.05) is 84.6 Å². The molecule has 18 heteroatoms. The Kier molecular flexibility index (Phi) is 15.0. The second kappa shape index (κ2) is 21.9. The summed E-state index contributed by atoms with van der Waals surface area (Å²) in [5, 5.41) is 0. The highest BCUT2D eigenvalue weighted by Crippen LogP contribution is 2.68. The average Bonchev–Trinajstić information content (AvgIpc) is 1.57. The molecule has 12 rings (SSSR count). The molecule has 0 aliphatic heterocycles. The van der Waals surface area contributed by atoms with E-state index in [0.717, 1.165) is 67.6 Å². The van der Waals surface area contributed by atoms with Crippen LogP contribution in [0, 0.1) is 39.5 Å². The number of aryl methyl sites for hydroxylation is 4. The van der Waals surface area contributed by atoms with Crippen molar-refractivity contribution in [2.45, 2.75) is 63.2 Å². The molecule has 6 aromatic carbocycles. The fraction of sp³-hybridized carbons (Fsp3) is 0.171. The predicted molar refractivity (Wildman–Crippen MR) is 331 cm³/mol. The van der Waals surface area contributed by atoms with Crippen LogP contribution in [0.25, 0.3) is 86.3 Å². The third-order valence-electron chi connectivity index (χ3n) is 16.0. The Hall–Kier alpha value is -8.08. The molecular weight excluding hydrogens is 1230 g/mol. The van der Waals surface area contributed by atoms with E-state index in [2.05, 4.69) is 11.8 Å². The van der Waals surface area contributed by atoms with Crippen LogP contribution in [0.15, 0.2) is 170 Å². The van der Waals surface area contributed by atoms with Crippen molar-refractivity contribution in [1.82, 2.24) is 0 Å². The summed E-state index contributed by atoms with van der Waals surface area (Å²) in [5.74, 6) is -24.8. The number of rotatable bonds is 12. The summed E-state index contributed by atoms with van der Waals surface area (Å²) in [4.78, 5) is 2.42. The smallest absolute Gasteiger partial charge is 0.380 e. The predicted octanol–water partition coefficient (Wildman–Crippen LogP) is 22.2. The molecule has 0 amide bonds. The van der Waals surface area contributed by atoms with E-state index in [0.29, 0.717) is 64.4 Å². The molecule has 0 bridgehead atoms. The number of hydrogen-bond acceptors (Lipinski definition) is 6. The van der Waals surface area contributed by atoms with Crippen molar-refractivity contribution < 1.29 is 62.2 Å². The molecule has 0 radical (unpaired) electrons.